The van der Waals surface area contributed by atoms with Gasteiger partial charge in [0, 0.05) is 0 Å². The highest BCUT2D eigenvalue weighted by molar-refractivity contribution is 14.1. The summed E-state index contributed by atoms with van der Waals surface area (Å²) in [5, 5.41) is 0. The second kappa shape index (κ2) is 4.30. The average Bonchev–Trinajstić information content (AvgIpc) is 2.07. The van der Waals surface area contributed by atoms with Crippen LogP contribution >= 0.6 is 23.0 Å². The molecule has 0 saturated heterocycles. The van der Waals surface area contributed by atoms with E-state index in [0.717, 1.165) is 0 Å². The van der Waals surface area contributed by atoms with Crippen LogP contribution in [0.2, 0.25) is 0 Å². The molecule has 0 atom stereocenters. The van der Waals surface area contributed by atoms with Gasteiger partial charge in [0.05, 0.1) is 5.56 Å². The molecule has 0 heterocycles. The van der Waals surface area contributed by atoms with Crippen LogP contribution in [-0.2, 0) is 8.10 Å². The number of hydrogen-bond donors (Lipinski definition) is 0. The monoisotopic (exact) mass is 264 g/mol. The molecule has 0 aliphatic rings. The maximum absolute atomic E-state index is 10.9. The Morgan fingerprint density at radius 1 is 1.27 bits per heavy atom. The van der Waals surface area contributed by atoms with Gasteiger partial charge in [-0.3, -0.25) is 4.89 Å². The van der Waals surface area contributed by atoms with Crippen molar-refractivity contribution in [2.75, 3.05) is 0 Å². The van der Waals surface area contributed by atoms with Gasteiger partial charge < -0.3 is 0 Å². The normalized spacial score (nSPS) is 9.18. The SMILES string of the molecule is O=C(OOI)c1ccccc1. The first-order valence-electron chi connectivity index (χ1n) is 2.89. The van der Waals surface area contributed by atoms with Gasteiger partial charge in [-0.05, 0) is 12.1 Å². The minimum atomic E-state index is -0.486. The Morgan fingerprint density at radius 2 is 1.91 bits per heavy atom. The topological polar surface area (TPSA) is 35.5 Å². The predicted molar refractivity (Wildman–Crippen MR) is 47.0 cm³/mol. The lowest BCUT2D eigenvalue weighted by molar-refractivity contribution is -0.109. The predicted octanol–water partition coefficient (Wildman–Crippen LogP) is 2.12. The average molecular weight is 264 g/mol. The van der Waals surface area contributed by atoms with Gasteiger partial charge in [-0.25, -0.2) is 4.79 Å². The van der Waals surface area contributed by atoms with E-state index in [1.54, 1.807) is 24.3 Å². The molecule has 1 aromatic carbocycles. The van der Waals surface area contributed by atoms with Crippen LogP contribution < -0.4 is 0 Å². The summed E-state index contributed by atoms with van der Waals surface area (Å²) in [5.74, 6) is -0.486. The minimum absolute atomic E-state index is 0.476. The van der Waals surface area contributed by atoms with Gasteiger partial charge in [-0.2, -0.15) is 0 Å². The van der Waals surface area contributed by atoms with Gasteiger partial charge in [-0.1, -0.05) is 18.2 Å². The van der Waals surface area contributed by atoms with E-state index in [0.29, 0.717) is 5.56 Å². The van der Waals surface area contributed by atoms with Gasteiger partial charge >= 0.3 is 5.97 Å². The molecule has 0 fully saturated rings. The van der Waals surface area contributed by atoms with Crippen molar-refractivity contribution in [2.45, 2.75) is 0 Å². The van der Waals surface area contributed by atoms with Crippen molar-refractivity contribution in [3.05, 3.63) is 35.9 Å². The zero-order valence-electron chi connectivity index (χ0n) is 5.49. The summed E-state index contributed by atoms with van der Waals surface area (Å²) in [4.78, 5) is 15.2. The van der Waals surface area contributed by atoms with E-state index in [4.69, 9.17) is 0 Å². The molecule has 3 nitrogen and oxygen atoms in total. The molecule has 0 aliphatic heterocycles. The Labute approximate surface area is 77.9 Å². The van der Waals surface area contributed by atoms with Crippen molar-refractivity contribution in [1.29, 1.82) is 0 Å². The van der Waals surface area contributed by atoms with Crippen molar-refractivity contribution in [3.8, 4) is 0 Å². The largest absolute Gasteiger partial charge is 0.374 e. The summed E-state index contributed by atoms with van der Waals surface area (Å²) >= 11 is 1.49. The summed E-state index contributed by atoms with van der Waals surface area (Å²) in [6.45, 7) is 0. The second-order valence-electron chi connectivity index (χ2n) is 1.80. The molecule has 0 radical (unpaired) electrons. The van der Waals surface area contributed by atoms with Crippen molar-refractivity contribution < 1.29 is 12.9 Å². The second-order valence-corrected chi connectivity index (χ2v) is 2.16. The molecule has 11 heavy (non-hydrogen) atoms. The van der Waals surface area contributed by atoms with Crippen molar-refractivity contribution in [2.24, 2.45) is 0 Å². The van der Waals surface area contributed by atoms with E-state index in [-0.39, 0.29) is 0 Å². The lowest BCUT2D eigenvalue weighted by atomic mass is 10.2. The molecule has 0 aromatic heterocycles. The zero-order valence-corrected chi connectivity index (χ0v) is 7.65. The third-order valence-corrected chi connectivity index (χ3v) is 1.30. The smallest absolute Gasteiger partial charge is 0.283 e. The Hall–Kier alpha value is -0.620. The van der Waals surface area contributed by atoms with E-state index in [1.807, 2.05) is 6.07 Å². The van der Waals surface area contributed by atoms with Crippen LogP contribution in [-0.4, -0.2) is 5.97 Å². The highest BCUT2D eigenvalue weighted by Crippen LogP contribution is 2.02. The zero-order chi connectivity index (χ0) is 8.10. The highest BCUT2D eigenvalue weighted by Gasteiger charge is 2.05. The van der Waals surface area contributed by atoms with Gasteiger partial charge in [0.15, 0.2) is 23.0 Å². The van der Waals surface area contributed by atoms with E-state index in [1.165, 1.54) is 23.0 Å². The molecular weight excluding hydrogens is 259 g/mol. The third kappa shape index (κ3) is 2.47. The standard InChI is InChI=1S/C7H5IO3/c8-11-10-7(9)6-4-2-1-3-5-6/h1-5H. The molecule has 1 aromatic rings. The van der Waals surface area contributed by atoms with Crippen LogP contribution in [0.1, 0.15) is 10.4 Å². The van der Waals surface area contributed by atoms with Crippen LogP contribution in [0.4, 0.5) is 0 Å². The molecule has 0 unspecified atom stereocenters. The lowest BCUT2D eigenvalue weighted by Gasteiger charge is -1.95. The summed E-state index contributed by atoms with van der Waals surface area (Å²) < 4.78 is 4.18. The maximum Gasteiger partial charge on any atom is 0.374 e. The first-order chi connectivity index (χ1) is 5.34. The third-order valence-electron chi connectivity index (χ3n) is 1.12. The van der Waals surface area contributed by atoms with Crippen LogP contribution in [0.25, 0.3) is 0 Å². The summed E-state index contributed by atoms with van der Waals surface area (Å²) in [6, 6.07) is 8.63. The van der Waals surface area contributed by atoms with E-state index in [2.05, 4.69) is 8.10 Å². The van der Waals surface area contributed by atoms with Crippen molar-refractivity contribution in [1.82, 2.24) is 0 Å². The number of carbonyl (C=O) groups excluding carboxylic acids is 1. The van der Waals surface area contributed by atoms with E-state index >= 15 is 0 Å². The van der Waals surface area contributed by atoms with Crippen LogP contribution in [0.5, 0.6) is 0 Å². The Kier molecular flexibility index (Phi) is 3.31. The fraction of sp³-hybridized carbons (Fsp3) is 0. The van der Waals surface area contributed by atoms with E-state index < -0.39 is 5.97 Å². The Morgan fingerprint density at radius 3 is 2.45 bits per heavy atom. The number of rotatable bonds is 2. The number of carbonyl (C=O) groups is 1. The molecule has 0 saturated carbocycles. The first-order valence-corrected chi connectivity index (χ1v) is 3.77. The number of benzene rings is 1. The molecular formula is C7H5IO3. The molecule has 58 valence electrons. The fourth-order valence-corrected chi connectivity index (χ4v) is 0.814. The van der Waals surface area contributed by atoms with Gasteiger partial charge in [0.1, 0.15) is 0 Å². The summed E-state index contributed by atoms with van der Waals surface area (Å²) in [6.07, 6.45) is 0. The summed E-state index contributed by atoms with van der Waals surface area (Å²) in [7, 11) is 0. The number of halogens is 1. The van der Waals surface area contributed by atoms with Crippen LogP contribution in [0, 0.1) is 0 Å². The molecule has 0 bridgehead atoms. The minimum Gasteiger partial charge on any atom is -0.283 e. The van der Waals surface area contributed by atoms with Crippen molar-refractivity contribution >= 4 is 29.0 Å². The number of hydrogen-bond acceptors (Lipinski definition) is 3. The van der Waals surface area contributed by atoms with Crippen LogP contribution in [0.3, 0.4) is 0 Å². The lowest BCUT2D eigenvalue weighted by Crippen LogP contribution is -2.01. The fourth-order valence-electron chi connectivity index (χ4n) is 0.651. The Bertz CT molecular complexity index is 235. The molecule has 0 N–H and O–H groups in total. The maximum atomic E-state index is 10.9. The Balaban J connectivity index is 2.69. The van der Waals surface area contributed by atoms with Crippen LogP contribution in [0.15, 0.2) is 30.3 Å². The molecule has 0 amide bonds. The van der Waals surface area contributed by atoms with Gasteiger partial charge in [0.25, 0.3) is 0 Å². The molecule has 1 rings (SSSR count). The molecule has 4 heteroatoms. The molecule has 0 spiro atoms. The van der Waals surface area contributed by atoms with Gasteiger partial charge in [-0.15, -0.1) is 3.22 Å². The van der Waals surface area contributed by atoms with Gasteiger partial charge in [0.2, 0.25) is 0 Å². The first kappa shape index (κ1) is 8.48. The highest BCUT2D eigenvalue weighted by atomic mass is 127. The van der Waals surface area contributed by atoms with Crippen molar-refractivity contribution in [3.63, 3.8) is 0 Å². The summed E-state index contributed by atoms with van der Waals surface area (Å²) in [5.41, 5.74) is 0.476. The van der Waals surface area contributed by atoms with E-state index in [9.17, 15) is 4.79 Å². The molecule has 0 aliphatic carbocycles. The quantitative estimate of drug-likeness (QED) is 0.466.